The van der Waals surface area contributed by atoms with Crippen LogP contribution in [-0.2, 0) is 0 Å². The maximum Gasteiger partial charge on any atom is -0.000741 e. The summed E-state index contributed by atoms with van der Waals surface area (Å²) < 4.78 is 0. The van der Waals surface area contributed by atoms with Gasteiger partial charge in [0.2, 0.25) is 0 Å². The number of hydrogen-bond donors (Lipinski definition) is 0. The Balaban J connectivity index is 1.05. The van der Waals surface area contributed by atoms with E-state index in [1.165, 1.54) is 132 Å². The van der Waals surface area contributed by atoms with Crippen LogP contribution < -0.4 is 0 Å². The molecule has 2 aliphatic rings. The molecule has 0 heteroatoms. The first-order valence-corrected chi connectivity index (χ1v) is 20.2. The fourth-order valence-corrected chi connectivity index (χ4v) is 10.4. The molecule has 0 amide bonds. The molecule has 0 N–H and O–H groups in total. The zero-order valence-electron chi connectivity index (χ0n) is 31.6. The number of hydrogen-bond acceptors (Lipinski definition) is 0. The van der Waals surface area contributed by atoms with Gasteiger partial charge in [-0.25, -0.2) is 0 Å². The zero-order valence-corrected chi connectivity index (χ0v) is 31.6. The van der Waals surface area contributed by atoms with Crippen LogP contribution in [0.2, 0.25) is 0 Å². The van der Waals surface area contributed by atoms with Gasteiger partial charge in [-0.05, 0) is 162 Å². The lowest BCUT2D eigenvalue weighted by atomic mass is 9.81. The topological polar surface area (TPSA) is 0 Å². The number of benzene rings is 11. The number of fused-ring (bicyclic) bond motifs is 8. The second-order valence-electron chi connectivity index (χ2n) is 16.0. The van der Waals surface area contributed by atoms with Gasteiger partial charge >= 0.3 is 0 Å². The van der Waals surface area contributed by atoms with Crippen LogP contribution in [0.25, 0.3) is 132 Å². The van der Waals surface area contributed by atoms with Gasteiger partial charge in [0.1, 0.15) is 0 Å². The van der Waals surface area contributed by atoms with E-state index < -0.39 is 0 Å². The molecule has 0 aromatic heterocycles. The van der Waals surface area contributed by atoms with Gasteiger partial charge in [0, 0.05) is 0 Å². The first kappa shape index (κ1) is 31.6. The molecule has 13 rings (SSSR count). The second kappa shape index (κ2) is 12.0. The Morgan fingerprint density at radius 2 is 0.707 bits per heavy atom. The molecular formula is C58H34. The van der Waals surface area contributed by atoms with Crippen molar-refractivity contribution >= 4 is 43.1 Å². The predicted octanol–water partition coefficient (Wildman–Crippen LogP) is 16.3. The molecule has 58 heavy (non-hydrogen) atoms. The Morgan fingerprint density at radius 1 is 0.190 bits per heavy atom. The van der Waals surface area contributed by atoms with Crippen molar-refractivity contribution in [1.29, 1.82) is 0 Å². The minimum absolute atomic E-state index is 1.22. The SMILES string of the molecule is c1ccc(-c2c3c(c(-c4ccccc4)c4cc(-c5cc6c7c(cccc7c5)-c5cc(-c7ccc8ccccc8c7)ccc5-6)ccc24)-c2cccc4cccc-3c24)cc1. The van der Waals surface area contributed by atoms with Gasteiger partial charge < -0.3 is 0 Å². The Kier molecular flexibility index (Phi) is 6.54. The van der Waals surface area contributed by atoms with E-state index in [-0.39, 0.29) is 0 Å². The molecule has 0 nitrogen and oxygen atoms in total. The first-order chi connectivity index (χ1) is 28.8. The highest BCUT2D eigenvalue weighted by atomic mass is 14.3. The zero-order chi connectivity index (χ0) is 37.9. The van der Waals surface area contributed by atoms with E-state index >= 15 is 0 Å². The maximum atomic E-state index is 2.48. The van der Waals surface area contributed by atoms with Crippen molar-refractivity contribution in [2.75, 3.05) is 0 Å². The summed E-state index contributed by atoms with van der Waals surface area (Å²) in [6.07, 6.45) is 0. The average molecular weight is 731 g/mol. The van der Waals surface area contributed by atoms with Crippen molar-refractivity contribution in [3.05, 3.63) is 206 Å². The summed E-state index contributed by atoms with van der Waals surface area (Å²) in [5, 5.41) is 10.3. The van der Waals surface area contributed by atoms with Crippen molar-refractivity contribution in [1.82, 2.24) is 0 Å². The smallest absolute Gasteiger partial charge is 0.000741 e. The second-order valence-corrected chi connectivity index (χ2v) is 16.0. The highest BCUT2D eigenvalue weighted by Crippen LogP contribution is 2.58. The molecule has 0 bridgehead atoms. The van der Waals surface area contributed by atoms with Crippen LogP contribution in [0.15, 0.2) is 206 Å². The molecule has 0 atom stereocenters. The van der Waals surface area contributed by atoms with Gasteiger partial charge in [-0.15, -0.1) is 0 Å². The lowest BCUT2D eigenvalue weighted by molar-refractivity contribution is 1.61. The van der Waals surface area contributed by atoms with Gasteiger partial charge in [-0.3, -0.25) is 0 Å². The van der Waals surface area contributed by atoms with Gasteiger partial charge in [0.05, 0.1) is 0 Å². The quantitative estimate of drug-likeness (QED) is 0.169. The Bertz CT molecular complexity index is 3530. The summed E-state index contributed by atoms with van der Waals surface area (Å²) in [6.45, 7) is 0. The minimum Gasteiger partial charge on any atom is -0.0622 e. The Labute approximate surface area is 336 Å². The molecule has 0 radical (unpaired) electrons. The third kappa shape index (κ3) is 4.46. The van der Waals surface area contributed by atoms with Crippen LogP contribution in [-0.4, -0.2) is 0 Å². The van der Waals surface area contributed by atoms with Crippen LogP contribution in [0.3, 0.4) is 0 Å². The summed E-state index contributed by atoms with van der Waals surface area (Å²) in [6, 6.07) is 77.1. The molecule has 0 saturated carbocycles. The summed E-state index contributed by atoms with van der Waals surface area (Å²) >= 11 is 0. The van der Waals surface area contributed by atoms with Gasteiger partial charge in [0.15, 0.2) is 0 Å². The first-order valence-electron chi connectivity index (χ1n) is 20.2. The summed E-state index contributed by atoms with van der Waals surface area (Å²) in [5.74, 6) is 0. The molecule has 2 aliphatic carbocycles. The van der Waals surface area contributed by atoms with Gasteiger partial charge in [-0.1, -0.05) is 176 Å². The summed E-state index contributed by atoms with van der Waals surface area (Å²) in [7, 11) is 0. The lowest BCUT2D eigenvalue weighted by Gasteiger charge is -2.21. The van der Waals surface area contributed by atoms with E-state index in [9.17, 15) is 0 Å². The van der Waals surface area contributed by atoms with Crippen molar-refractivity contribution in [3.63, 3.8) is 0 Å². The minimum atomic E-state index is 1.22. The van der Waals surface area contributed by atoms with Crippen molar-refractivity contribution in [3.8, 4) is 89.0 Å². The van der Waals surface area contributed by atoms with E-state index in [0.717, 1.165) is 0 Å². The van der Waals surface area contributed by atoms with E-state index in [1.807, 2.05) is 0 Å². The molecule has 11 aromatic rings. The van der Waals surface area contributed by atoms with Crippen LogP contribution in [0.1, 0.15) is 0 Å². The molecule has 266 valence electrons. The van der Waals surface area contributed by atoms with Crippen molar-refractivity contribution < 1.29 is 0 Å². The van der Waals surface area contributed by atoms with E-state index in [2.05, 4.69) is 206 Å². The molecule has 0 unspecified atom stereocenters. The molecule has 0 fully saturated rings. The molecule has 0 heterocycles. The fourth-order valence-electron chi connectivity index (χ4n) is 10.4. The van der Waals surface area contributed by atoms with Gasteiger partial charge in [0.25, 0.3) is 0 Å². The fraction of sp³-hybridized carbons (Fsp3) is 0. The summed E-state index contributed by atoms with van der Waals surface area (Å²) in [4.78, 5) is 0. The third-order valence-electron chi connectivity index (χ3n) is 12.9. The monoisotopic (exact) mass is 730 g/mol. The van der Waals surface area contributed by atoms with Crippen molar-refractivity contribution in [2.24, 2.45) is 0 Å². The van der Waals surface area contributed by atoms with Crippen LogP contribution in [0.4, 0.5) is 0 Å². The van der Waals surface area contributed by atoms with E-state index in [4.69, 9.17) is 0 Å². The standard InChI is InChI=1S/C58H34/c1-3-13-37(14-4-1)55-47-29-27-42(33-52(47)56(38-15-5-2-6-16-38)58-49-23-10-19-36-18-9-22-48(53(36)49)57(55)58)44-31-43-20-11-21-46-50-32-41(26-28-45(50)51(34-44)54(43)46)40-25-24-35-12-7-8-17-39(35)30-40/h1-34H. The highest BCUT2D eigenvalue weighted by Gasteiger charge is 2.31. The van der Waals surface area contributed by atoms with Crippen LogP contribution in [0.5, 0.6) is 0 Å². The summed E-state index contributed by atoms with van der Waals surface area (Å²) in [5.41, 5.74) is 20.6. The normalized spacial score (nSPS) is 12.1. The molecular weight excluding hydrogens is 697 g/mol. The maximum absolute atomic E-state index is 2.48. The lowest BCUT2D eigenvalue weighted by Crippen LogP contribution is -1.94. The molecule has 0 spiro atoms. The largest absolute Gasteiger partial charge is 0.0622 e. The molecule has 11 aromatic carbocycles. The average Bonchev–Trinajstić information content (AvgIpc) is 3.79. The van der Waals surface area contributed by atoms with Crippen LogP contribution >= 0.6 is 0 Å². The van der Waals surface area contributed by atoms with Crippen LogP contribution in [0, 0.1) is 0 Å². The third-order valence-corrected chi connectivity index (χ3v) is 12.9. The van der Waals surface area contributed by atoms with Crippen molar-refractivity contribution in [2.45, 2.75) is 0 Å². The molecule has 0 saturated heterocycles. The van der Waals surface area contributed by atoms with E-state index in [0.29, 0.717) is 0 Å². The van der Waals surface area contributed by atoms with E-state index in [1.54, 1.807) is 0 Å². The molecule has 0 aliphatic heterocycles. The number of rotatable bonds is 4. The predicted molar refractivity (Wildman–Crippen MR) is 247 cm³/mol. The van der Waals surface area contributed by atoms with Gasteiger partial charge in [-0.2, -0.15) is 0 Å². The highest BCUT2D eigenvalue weighted by molar-refractivity contribution is 6.28. The Hall–Kier alpha value is -7.54. The Morgan fingerprint density at radius 3 is 1.45 bits per heavy atom.